The highest BCUT2D eigenvalue weighted by Gasteiger charge is 2.75. The van der Waals surface area contributed by atoms with E-state index in [2.05, 4.69) is 11.9 Å². The van der Waals surface area contributed by atoms with Crippen molar-refractivity contribution in [2.45, 2.75) is 29.8 Å². The monoisotopic (exact) mass is 325 g/mol. The van der Waals surface area contributed by atoms with Gasteiger partial charge in [0, 0.05) is 16.5 Å². The topological polar surface area (TPSA) is 58.8 Å². The minimum atomic E-state index is -0.470. The van der Waals surface area contributed by atoms with E-state index in [1.54, 1.807) is 13.2 Å². The zero-order valence-electron chi connectivity index (χ0n) is 13.9. The van der Waals surface area contributed by atoms with Crippen LogP contribution in [0, 0.1) is 0 Å². The third-order valence-corrected chi connectivity index (χ3v) is 6.44. The molecule has 24 heavy (non-hydrogen) atoms. The first-order valence-electron chi connectivity index (χ1n) is 8.14. The average molecular weight is 325 g/mol. The van der Waals surface area contributed by atoms with E-state index in [0.29, 0.717) is 11.5 Å². The molecule has 3 aliphatic carbocycles. The second kappa shape index (κ2) is 4.03. The normalized spacial score (nSPS) is 37.7. The van der Waals surface area contributed by atoms with E-state index in [1.807, 2.05) is 18.2 Å². The summed E-state index contributed by atoms with van der Waals surface area (Å²) in [4.78, 5) is 14.7. The summed E-state index contributed by atoms with van der Waals surface area (Å²) in [5.74, 6) is 0.912. The van der Waals surface area contributed by atoms with Crippen molar-refractivity contribution in [2.75, 3.05) is 21.3 Å². The van der Waals surface area contributed by atoms with Crippen LogP contribution in [0.3, 0.4) is 0 Å². The summed E-state index contributed by atoms with van der Waals surface area (Å²) in [6.45, 7) is 0. The zero-order valence-corrected chi connectivity index (χ0v) is 13.9. The molecule has 4 aliphatic rings. The Kier molecular flexibility index (Phi) is 2.37. The number of allylic oxidation sites excluding steroid dienone is 2. The fraction of sp³-hybridized carbons (Fsp3) is 0.421. The number of ether oxygens (including phenoxy) is 2. The molecule has 1 aromatic rings. The van der Waals surface area contributed by atoms with Gasteiger partial charge in [-0.1, -0.05) is 6.07 Å². The van der Waals surface area contributed by atoms with Crippen LogP contribution in [0.2, 0.25) is 0 Å². The number of fused-ring (bicyclic) bond motifs is 2. The first-order chi connectivity index (χ1) is 11.5. The highest BCUT2D eigenvalue weighted by molar-refractivity contribution is 6.05. The summed E-state index contributed by atoms with van der Waals surface area (Å²) in [5.41, 5.74) is 2.67. The minimum absolute atomic E-state index is 0.0554. The van der Waals surface area contributed by atoms with E-state index in [1.165, 1.54) is 7.11 Å². The SMILES string of the molecule is COC1=C[C@]23CC4(Cc5ccc(OC)c(O)c52)[C@H](C3=CC1=O)N4C. The lowest BCUT2D eigenvalue weighted by molar-refractivity contribution is -0.114. The van der Waals surface area contributed by atoms with Crippen molar-refractivity contribution < 1.29 is 19.4 Å². The van der Waals surface area contributed by atoms with Gasteiger partial charge in [0.05, 0.1) is 20.3 Å². The van der Waals surface area contributed by atoms with Crippen molar-refractivity contribution in [3.8, 4) is 11.5 Å². The number of hydrogen-bond donors (Lipinski definition) is 1. The highest BCUT2D eigenvalue weighted by atomic mass is 16.5. The Morgan fingerprint density at radius 1 is 1.29 bits per heavy atom. The predicted molar refractivity (Wildman–Crippen MR) is 87.1 cm³/mol. The summed E-state index contributed by atoms with van der Waals surface area (Å²) in [5, 5.41) is 10.9. The lowest BCUT2D eigenvalue weighted by atomic mass is 9.65. The number of hydrogen-bond acceptors (Lipinski definition) is 5. The van der Waals surface area contributed by atoms with Crippen molar-refractivity contribution in [3.63, 3.8) is 0 Å². The molecule has 2 fully saturated rings. The highest BCUT2D eigenvalue weighted by Crippen LogP contribution is 2.70. The van der Waals surface area contributed by atoms with Crippen LogP contribution in [0.15, 0.2) is 35.6 Å². The van der Waals surface area contributed by atoms with E-state index in [-0.39, 0.29) is 23.1 Å². The molecule has 2 spiro atoms. The van der Waals surface area contributed by atoms with Crippen LogP contribution in [0.25, 0.3) is 0 Å². The van der Waals surface area contributed by atoms with Crippen LogP contribution in [0.1, 0.15) is 17.5 Å². The Morgan fingerprint density at radius 2 is 2.08 bits per heavy atom. The number of likely N-dealkylation sites (tertiary alicyclic amines) is 1. The van der Waals surface area contributed by atoms with Gasteiger partial charge in [-0.3, -0.25) is 9.69 Å². The van der Waals surface area contributed by atoms with Crippen LogP contribution in [0.4, 0.5) is 0 Å². The number of benzene rings is 1. The van der Waals surface area contributed by atoms with Crippen LogP contribution < -0.4 is 4.74 Å². The van der Waals surface area contributed by atoms with E-state index in [9.17, 15) is 9.90 Å². The second-order valence-corrected chi connectivity index (χ2v) is 7.27. The average Bonchev–Trinajstić information content (AvgIpc) is 3.00. The zero-order chi connectivity index (χ0) is 16.9. The third kappa shape index (κ3) is 1.31. The fourth-order valence-electron chi connectivity index (χ4n) is 5.42. The predicted octanol–water partition coefficient (Wildman–Crippen LogP) is 1.69. The van der Waals surface area contributed by atoms with Crippen molar-refractivity contribution in [1.82, 2.24) is 4.90 Å². The van der Waals surface area contributed by atoms with E-state index < -0.39 is 5.41 Å². The van der Waals surface area contributed by atoms with Gasteiger partial charge in [-0.2, -0.15) is 0 Å². The van der Waals surface area contributed by atoms with Crippen LogP contribution in [-0.2, 0) is 21.4 Å². The van der Waals surface area contributed by atoms with Gasteiger partial charge in [-0.25, -0.2) is 0 Å². The van der Waals surface area contributed by atoms with Crippen molar-refractivity contribution in [2.24, 2.45) is 0 Å². The Bertz CT molecular complexity index is 870. The number of likely N-dealkylation sites (N-methyl/N-ethyl adjacent to an activating group) is 1. The number of rotatable bonds is 2. The summed E-state index contributed by atoms with van der Waals surface area (Å²) >= 11 is 0. The lowest BCUT2D eigenvalue weighted by Crippen LogP contribution is -2.39. The molecular formula is C19H19NO4. The fourth-order valence-corrected chi connectivity index (χ4v) is 5.42. The minimum Gasteiger partial charge on any atom is -0.504 e. The number of methoxy groups -OCH3 is 2. The first kappa shape index (κ1) is 14.1. The van der Waals surface area contributed by atoms with Crippen LogP contribution >= 0.6 is 0 Å². The number of aromatic hydroxyl groups is 1. The molecule has 0 aromatic heterocycles. The summed E-state index contributed by atoms with van der Waals surface area (Å²) in [6, 6.07) is 4.12. The number of piperidine rings is 1. The van der Waals surface area contributed by atoms with Crippen molar-refractivity contribution in [1.29, 1.82) is 0 Å². The molecular weight excluding hydrogens is 306 g/mol. The molecule has 1 aliphatic heterocycles. The Balaban J connectivity index is 1.83. The number of carbonyl (C=O) groups is 1. The Hall–Kier alpha value is -2.27. The molecule has 124 valence electrons. The molecule has 0 amide bonds. The lowest BCUT2D eigenvalue weighted by Gasteiger charge is -2.41. The van der Waals surface area contributed by atoms with Crippen molar-refractivity contribution >= 4 is 5.78 Å². The molecule has 2 unspecified atom stereocenters. The van der Waals surface area contributed by atoms with Gasteiger partial charge in [-0.15, -0.1) is 0 Å². The number of phenolic OH excluding ortho intramolecular Hbond substituents is 1. The molecule has 1 saturated heterocycles. The molecule has 0 radical (unpaired) electrons. The van der Waals surface area contributed by atoms with Gasteiger partial charge in [0.15, 0.2) is 17.3 Å². The molecule has 5 heteroatoms. The largest absolute Gasteiger partial charge is 0.504 e. The third-order valence-electron chi connectivity index (χ3n) is 6.44. The van der Waals surface area contributed by atoms with Gasteiger partial charge in [0.25, 0.3) is 0 Å². The van der Waals surface area contributed by atoms with Crippen LogP contribution in [0.5, 0.6) is 11.5 Å². The standard InChI is InChI=1S/C19H19NO4/c1-20-17-11-6-12(21)14(24-3)8-18(11)9-19(17,20)7-10-4-5-13(23-2)16(22)15(10)18/h4-6,8,17,22H,7,9H2,1-3H3/t17-,18+,19?,20?/m0/s1. The summed E-state index contributed by atoms with van der Waals surface area (Å²) in [7, 11) is 5.19. The number of phenols is 1. The van der Waals surface area contributed by atoms with Gasteiger partial charge < -0.3 is 14.6 Å². The molecule has 5 nitrogen and oxygen atoms in total. The number of ketones is 1. The van der Waals surface area contributed by atoms with E-state index in [4.69, 9.17) is 9.47 Å². The molecule has 1 saturated carbocycles. The van der Waals surface area contributed by atoms with E-state index >= 15 is 0 Å². The smallest absolute Gasteiger partial charge is 0.220 e. The molecule has 1 N–H and O–H groups in total. The summed E-state index contributed by atoms with van der Waals surface area (Å²) in [6.07, 6.45) is 5.39. The first-order valence-corrected chi connectivity index (χ1v) is 8.14. The number of nitrogens with zero attached hydrogens (tertiary/aromatic N) is 1. The van der Waals surface area contributed by atoms with E-state index in [0.717, 1.165) is 29.5 Å². The van der Waals surface area contributed by atoms with Gasteiger partial charge in [0.2, 0.25) is 5.78 Å². The van der Waals surface area contributed by atoms with Crippen LogP contribution in [-0.4, -0.2) is 48.6 Å². The summed E-state index contributed by atoms with van der Waals surface area (Å²) < 4.78 is 10.7. The molecule has 2 bridgehead atoms. The maximum absolute atomic E-state index is 12.4. The Morgan fingerprint density at radius 3 is 2.79 bits per heavy atom. The maximum atomic E-state index is 12.4. The number of carbonyl (C=O) groups excluding carboxylic acids is 1. The van der Waals surface area contributed by atoms with Gasteiger partial charge in [0.1, 0.15) is 0 Å². The second-order valence-electron chi connectivity index (χ2n) is 7.27. The maximum Gasteiger partial charge on any atom is 0.220 e. The molecule has 5 rings (SSSR count). The molecule has 4 atom stereocenters. The molecule has 1 heterocycles. The van der Waals surface area contributed by atoms with Crippen molar-refractivity contribution in [3.05, 3.63) is 46.7 Å². The van der Waals surface area contributed by atoms with Gasteiger partial charge >= 0.3 is 0 Å². The molecule has 1 aromatic carbocycles. The van der Waals surface area contributed by atoms with Gasteiger partial charge in [-0.05, 0) is 49.2 Å². The Labute approximate surface area is 140 Å². The quantitative estimate of drug-likeness (QED) is 0.839.